The van der Waals surface area contributed by atoms with Gasteiger partial charge in [-0.3, -0.25) is 10.4 Å². The van der Waals surface area contributed by atoms with E-state index in [1.165, 1.54) is 18.2 Å². The molecular weight excluding hydrogens is 325 g/mol. The summed E-state index contributed by atoms with van der Waals surface area (Å²) in [7, 11) is 0. The van der Waals surface area contributed by atoms with Crippen LogP contribution in [0.4, 0.5) is 18.9 Å². The zero-order valence-electron chi connectivity index (χ0n) is 12.1. The number of aromatic nitrogens is 1. The summed E-state index contributed by atoms with van der Waals surface area (Å²) in [4.78, 5) is 4.10. The van der Waals surface area contributed by atoms with Gasteiger partial charge < -0.3 is 5.32 Å². The van der Waals surface area contributed by atoms with E-state index in [2.05, 4.69) is 20.8 Å². The van der Waals surface area contributed by atoms with Gasteiger partial charge in [-0.1, -0.05) is 18.2 Å². The predicted molar refractivity (Wildman–Crippen MR) is 87.2 cm³/mol. The third-order valence-corrected chi connectivity index (χ3v) is 3.03. The molecule has 0 fully saturated rings. The Balaban J connectivity index is 2.07. The molecule has 0 unspecified atom stereocenters. The molecule has 0 radical (unpaired) electrons. The van der Waals surface area contributed by atoms with Crippen molar-refractivity contribution in [3.05, 3.63) is 59.9 Å². The molecular formula is C15H13F3N4S. The minimum absolute atomic E-state index is 0.0445. The van der Waals surface area contributed by atoms with Gasteiger partial charge in [0.05, 0.1) is 22.7 Å². The number of hydrogen-bond donors (Lipinski definition) is 2. The van der Waals surface area contributed by atoms with Gasteiger partial charge in [0, 0.05) is 6.20 Å². The third kappa shape index (κ3) is 4.75. The number of para-hydroxylation sites is 1. The lowest BCUT2D eigenvalue weighted by atomic mass is 10.2. The summed E-state index contributed by atoms with van der Waals surface area (Å²) in [6.07, 6.45) is -2.85. The van der Waals surface area contributed by atoms with Crippen LogP contribution in [0.3, 0.4) is 0 Å². The summed E-state index contributed by atoms with van der Waals surface area (Å²) in [6.45, 7) is 1.71. The largest absolute Gasteiger partial charge is 0.418 e. The molecule has 23 heavy (non-hydrogen) atoms. The number of anilines is 1. The highest BCUT2D eigenvalue weighted by molar-refractivity contribution is 7.80. The summed E-state index contributed by atoms with van der Waals surface area (Å²) in [5.74, 6) is 0. The van der Waals surface area contributed by atoms with Gasteiger partial charge in [0.1, 0.15) is 0 Å². The van der Waals surface area contributed by atoms with Crippen molar-refractivity contribution < 1.29 is 13.2 Å². The second-order valence-corrected chi connectivity index (χ2v) is 4.93. The number of rotatable bonds is 3. The van der Waals surface area contributed by atoms with Gasteiger partial charge >= 0.3 is 6.18 Å². The van der Waals surface area contributed by atoms with Crippen molar-refractivity contribution in [2.45, 2.75) is 13.1 Å². The lowest BCUT2D eigenvalue weighted by Gasteiger charge is -2.14. The molecule has 0 aliphatic rings. The van der Waals surface area contributed by atoms with Crippen molar-refractivity contribution in [1.29, 1.82) is 0 Å². The Labute approximate surface area is 136 Å². The van der Waals surface area contributed by atoms with Gasteiger partial charge in [0.25, 0.3) is 0 Å². The van der Waals surface area contributed by atoms with Crippen LogP contribution in [0.15, 0.2) is 53.8 Å². The van der Waals surface area contributed by atoms with E-state index in [1.54, 1.807) is 31.3 Å². The standard InChI is InChI=1S/C15H13F3N4S/c1-10(12-7-4-5-9-19-12)21-22-14(23)20-13-8-3-2-6-11(13)15(16,17)18/h2-9H,1H3,(H2,20,22,23)/b21-10+. The third-order valence-electron chi connectivity index (χ3n) is 2.84. The van der Waals surface area contributed by atoms with Crippen LogP contribution in [0.2, 0.25) is 0 Å². The fourth-order valence-corrected chi connectivity index (χ4v) is 1.91. The van der Waals surface area contributed by atoms with Crippen LogP contribution in [0.1, 0.15) is 18.2 Å². The van der Waals surface area contributed by atoms with E-state index in [-0.39, 0.29) is 10.8 Å². The summed E-state index contributed by atoms with van der Waals surface area (Å²) in [5, 5.41) is 6.45. The van der Waals surface area contributed by atoms with E-state index >= 15 is 0 Å². The molecule has 0 spiro atoms. The van der Waals surface area contributed by atoms with E-state index < -0.39 is 11.7 Å². The molecule has 1 aromatic carbocycles. The van der Waals surface area contributed by atoms with Gasteiger partial charge in [-0.25, -0.2) is 0 Å². The summed E-state index contributed by atoms with van der Waals surface area (Å²) >= 11 is 4.97. The first-order valence-corrected chi connectivity index (χ1v) is 6.97. The van der Waals surface area contributed by atoms with E-state index in [1.807, 2.05) is 0 Å². The minimum Gasteiger partial charge on any atom is -0.331 e. The fraction of sp³-hybridized carbons (Fsp3) is 0.133. The van der Waals surface area contributed by atoms with Crippen molar-refractivity contribution in [1.82, 2.24) is 10.4 Å². The fourth-order valence-electron chi connectivity index (χ4n) is 1.76. The van der Waals surface area contributed by atoms with Crippen LogP contribution in [0, 0.1) is 0 Å². The second-order valence-electron chi connectivity index (χ2n) is 4.52. The molecule has 0 saturated heterocycles. The molecule has 0 bridgehead atoms. The Kier molecular flexibility index (Phi) is 5.28. The van der Waals surface area contributed by atoms with Crippen LogP contribution >= 0.6 is 12.2 Å². The van der Waals surface area contributed by atoms with Crippen LogP contribution < -0.4 is 10.7 Å². The first-order chi connectivity index (χ1) is 10.9. The van der Waals surface area contributed by atoms with Crippen molar-refractivity contribution >= 4 is 28.7 Å². The Morgan fingerprint density at radius 1 is 1.13 bits per heavy atom. The van der Waals surface area contributed by atoms with Gasteiger partial charge in [0.2, 0.25) is 0 Å². The molecule has 2 N–H and O–H groups in total. The molecule has 120 valence electrons. The van der Waals surface area contributed by atoms with Crippen LogP contribution in [0.25, 0.3) is 0 Å². The number of pyridine rings is 1. The Bertz CT molecular complexity index is 714. The van der Waals surface area contributed by atoms with Gasteiger partial charge in [0.15, 0.2) is 5.11 Å². The summed E-state index contributed by atoms with van der Waals surface area (Å²) in [6, 6.07) is 10.4. The zero-order chi connectivity index (χ0) is 16.9. The molecule has 1 heterocycles. The molecule has 8 heteroatoms. The lowest BCUT2D eigenvalue weighted by Crippen LogP contribution is -2.26. The average Bonchev–Trinajstić information content (AvgIpc) is 2.53. The predicted octanol–water partition coefficient (Wildman–Crippen LogP) is 3.81. The molecule has 4 nitrogen and oxygen atoms in total. The lowest BCUT2D eigenvalue weighted by molar-refractivity contribution is -0.136. The number of nitrogens with zero attached hydrogens (tertiary/aromatic N) is 2. The quantitative estimate of drug-likeness (QED) is 0.508. The normalized spacial score (nSPS) is 11.9. The highest BCUT2D eigenvalue weighted by Gasteiger charge is 2.33. The Hall–Kier alpha value is -2.48. The van der Waals surface area contributed by atoms with Crippen molar-refractivity contribution in [2.24, 2.45) is 5.10 Å². The number of benzene rings is 1. The number of halogens is 3. The molecule has 0 saturated carbocycles. The van der Waals surface area contributed by atoms with E-state index in [9.17, 15) is 13.2 Å². The number of thiocarbonyl (C=S) groups is 1. The maximum atomic E-state index is 12.9. The van der Waals surface area contributed by atoms with Crippen molar-refractivity contribution in [3.63, 3.8) is 0 Å². The molecule has 0 amide bonds. The molecule has 0 atom stereocenters. The van der Waals surface area contributed by atoms with Crippen LogP contribution in [-0.4, -0.2) is 15.8 Å². The number of alkyl halides is 3. The van der Waals surface area contributed by atoms with Crippen molar-refractivity contribution in [3.8, 4) is 0 Å². The first kappa shape index (κ1) is 16.9. The summed E-state index contributed by atoms with van der Waals surface area (Å²) in [5.41, 5.74) is 2.77. The van der Waals surface area contributed by atoms with E-state index in [0.717, 1.165) is 6.07 Å². The SMILES string of the molecule is C/C(=N\NC(=S)Nc1ccccc1C(F)(F)F)c1ccccn1. The highest BCUT2D eigenvalue weighted by Crippen LogP contribution is 2.34. The molecule has 2 rings (SSSR count). The average molecular weight is 338 g/mol. The topological polar surface area (TPSA) is 49.3 Å². The Morgan fingerprint density at radius 3 is 2.48 bits per heavy atom. The van der Waals surface area contributed by atoms with E-state index in [0.29, 0.717) is 11.4 Å². The number of hydrazone groups is 1. The summed E-state index contributed by atoms with van der Waals surface area (Å²) < 4.78 is 38.7. The second kappa shape index (κ2) is 7.19. The van der Waals surface area contributed by atoms with Crippen LogP contribution in [-0.2, 0) is 6.18 Å². The molecule has 0 aliphatic heterocycles. The minimum atomic E-state index is -4.47. The Morgan fingerprint density at radius 2 is 1.83 bits per heavy atom. The maximum Gasteiger partial charge on any atom is 0.418 e. The van der Waals surface area contributed by atoms with Crippen LogP contribution in [0.5, 0.6) is 0 Å². The van der Waals surface area contributed by atoms with Gasteiger partial charge in [-0.05, 0) is 43.4 Å². The van der Waals surface area contributed by atoms with E-state index in [4.69, 9.17) is 12.2 Å². The van der Waals surface area contributed by atoms with Gasteiger partial charge in [-0.15, -0.1) is 0 Å². The molecule has 1 aromatic heterocycles. The van der Waals surface area contributed by atoms with Crippen molar-refractivity contribution in [2.75, 3.05) is 5.32 Å². The zero-order valence-corrected chi connectivity index (χ0v) is 12.9. The smallest absolute Gasteiger partial charge is 0.331 e. The maximum absolute atomic E-state index is 12.9. The van der Waals surface area contributed by atoms with Gasteiger partial charge in [-0.2, -0.15) is 18.3 Å². The monoisotopic (exact) mass is 338 g/mol. The highest BCUT2D eigenvalue weighted by atomic mass is 32.1. The molecule has 0 aliphatic carbocycles. The number of nitrogens with one attached hydrogen (secondary N) is 2. The number of hydrogen-bond acceptors (Lipinski definition) is 3. The molecule has 2 aromatic rings. The first-order valence-electron chi connectivity index (χ1n) is 6.57.